The van der Waals surface area contributed by atoms with Gasteiger partial charge in [0.05, 0.1) is 11.8 Å². The lowest BCUT2D eigenvalue weighted by Gasteiger charge is -2.08. The van der Waals surface area contributed by atoms with Crippen LogP contribution in [0.5, 0.6) is 10.9 Å². The first-order valence-corrected chi connectivity index (χ1v) is 5.72. The van der Waals surface area contributed by atoms with Crippen molar-refractivity contribution in [3.8, 4) is 10.9 Å². The third-order valence-corrected chi connectivity index (χ3v) is 2.93. The number of halogens is 3. The van der Waals surface area contributed by atoms with Crippen LogP contribution in [-0.2, 0) is 6.18 Å². The summed E-state index contributed by atoms with van der Waals surface area (Å²) < 4.78 is 42.5. The molecule has 1 N–H and O–H groups in total. The van der Waals surface area contributed by atoms with Gasteiger partial charge in [0.2, 0.25) is 0 Å². The molecule has 0 radical (unpaired) electrons. The second-order valence-corrected chi connectivity index (χ2v) is 4.42. The monoisotopic (exact) mass is 289 g/mol. The Morgan fingerprint density at radius 3 is 2.68 bits per heavy atom. The number of aromatic carboxylic acids is 1. The van der Waals surface area contributed by atoms with Gasteiger partial charge in [0, 0.05) is 0 Å². The molecule has 1 heterocycles. The highest BCUT2D eigenvalue weighted by molar-refractivity contribution is 7.15. The van der Waals surface area contributed by atoms with Gasteiger partial charge in [-0.05, 0) is 18.2 Å². The summed E-state index contributed by atoms with van der Waals surface area (Å²) >= 11 is 0.735. The largest absolute Gasteiger partial charge is 0.477 e. The molecule has 0 bridgehead atoms. The first kappa shape index (κ1) is 13.3. The van der Waals surface area contributed by atoms with Crippen LogP contribution in [0.15, 0.2) is 30.5 Å². The molecule has 0 spiro atoms. The maximum atomic E-state index is 12.5. The maximum absolute atomic E-state index is 12.5. The van der Waals surface area contributed by atoms with Crippen molar-refractivity contribution in [3.05, 3.63) is 40.9 Å². The van der Waals surface area contributed by atoms with Crippen LogP contribution in [0.3, 0.4) is 0 Å². The molecule has 1 aromatic heterocycles. The highest BCUT2D eigenvalue weighted by atomic mass is 32.1. The van der Waals surface area contributed by atoms with Crippen molar-refractivity contribution < 1.29 is 27.8 Å². The smallest absolute Gasteiger partial charge is 0.416 e. The van der Waals surface area contributed by atoms with E-state index < -0.39 is 17.7 Å². The predicted octanol–water partition coefficient (Wildman–Crippen LogP) is 3.65. The van der Waals surface area contributed by atoms with Crippen LogP contribution in [0.25, 0.3) is 0 Å². The van der Waals surface area contributed by atoms with E-state index in [0.29, 0.717) is 0 Å². The number of hydrogen-bond donors (Lipinski definition) is 1. The van der Waals surface area contributed by atoms with E-state index in [4.69, 9.17) is 9.84 Å². The maximum Gasteiger partial charge on any atom is 0.416 e. The van der Waals surface area contributed by atoms with Gasteiger partial charge in [-0.25, -0.2) is 9.78 Å². The summed E-state index contributed by atoms with van der Waals surface area (Å²) in [5.41, 5.74) is -0.847. The SMILES string of the molecule is O=C(O)c1cnc(Oc2cccc(C(F)(F)F)c2)s1. The van der Waals surface area contributed by atoms with Gasteiger partial charge in [0.15, 0.2) is 0 Å². The Hall–Kier alpha value is -2.09. The molecule has 0 aliphatic heterocycles. The lowest BCUT2D eigenvalue weighted by atomic mass is 10.2. The molecule has 0 atom stereocenters. The van der Waals surface area contributed by atoms with Crippen molar-refractivity contribution in [2.45, 2.75) is 6.18 Å². The quantitative estimate of drug-likeness (QED) is 0.937. The van der Waals surface area contributed by atoms with Gasteiger partial charge in [-0.15, -0.1) is 0 Å². The summed E-state index contributed by atoms with van der Waals surface area (Å²) in [6.07, 6.45) is -3.38. The molecule has 0 fully saturated rings. The van der Waals surface area contributed by atoms with E-state index in [2.05, 4.69) is 4.98 Å². The van der Waals surface area contributed by atoms with Crippen molar-refractivity contribution in [2.24, 2.45) is 0 Å². The summed E-state index contributed by atoms with van der Waals surface area (Å²) in [6, 6.07) is 4.26. The fourth-order valence-electron chi connectivity index (χ4n) is 1.24. The number of hydrogen-bond acceptors (Lipinski definition) is 4. The fraction of sp³-hybridized carbons (Fsp3) is 0.0909. The van der Waals surface area contributed by atoms with E-state index in [9.17, 15) is 18.0 Å². The normalized spacial score (nSPS) is 11.3. The van der Waals surface area contributed by atoms with Crippen LogP contribution in [0, 0.1) is 0 Å². The topological polar surface area (TPSA) is 59.4 Å². The molecule has 2 rings (SSSR count). The Morgan fingerprint density at radius 2 is 2.11 bits per heavy atom. The molecule has 0 aliphatic rings. The third-order valence-electron chi connectivity index (χ3n) is 2.06. The van der Waals surface area contributed by atoms with Crippen LogP contribution in [-0.4, -0.2) is 16.1 Å². The zero-order chi connectivity index (χ0) is 14.0. The van der Waals surface area contributed by atoms with Gasteiger partial charge in [0.1, 0.15) is 10.6 Å². The van der Waals surface area contributed by atoms with Crippen LogP contribution >= 0.6 is 11.3 Å². The van der Waals surface area contributed by atoms with Crippen LogP contribution in [0.1, 0.15) is 15.2 Å². The number of alkyl halides is 3. The Balaban J connectivity index is 2.21. The molecule has 0 aliphatic carbocycles. The van der Waals surface area contributed by atoms with E-state index in [1.807, 2.05) is 0 Å². The molecular formula is C11H6F3NO3S. The second-order valence-electron chi connectivity index (χ2n) is 3.42. The van der Waals surface area contributed by atoms with Crippen molar-refractivity contribution in [1.29, 1.82) is 0 Å². The highest BCUT2D eigenvalue weighted by Crippen LogP contribution is 2.33. The number of thiazole rings is 1. The Kier molecular flexibility index (Phi) is 3.43. The molecule has 19 heavy (non-hydrogen) atoms. The van der Waals surface area contributed by atoms with Crippen LogP contribution in [0.4, 0.5) is 13.2 Å². The van der Waals surface area contributed by atoms with Crippen LogP contribution < -0.4 is 4.74 Å². The lowest BCUT2D eigenvalue weighted by Crippen LogP contribution is -2.04. The first-order chi connectivity index (χ1) is 8.86. The molecule has 0 amide bonds. The minimum absolute atomic E-state index is 0.0308. The van der Waals surface area contributed by atoms with E-state index in [1.54, 1.807) is 0 Å². The predicted molar refractivity (Wildman–Crippen MR) is 60.6 cm³/mol. The summed E-state index contributed by atoms with van der Waals surface area (Å²) in [5, 5.41) is 8.65. The number of nitrogens with zero attached hydrogens (tertiary/aromatic N) is 1. The van der Waals surface area contributed by atoms with E-state index >= 15 is 0 Å². The fourth-order valence-corrected chi connectivity index (χ4v) is 1.87. The number of carboxylic acids is 1. The van der Waals surface area contributed by atoms with Gasteiger partial charge in [-0.2, -0.15) is 13.2 Å². The van der Waals surface area contributed by atoms with Crippen molar-refractivity contribution in [2.75, 3.05) is 0 Å². The van der Waals surface area contributed by atoms with Crippen molar-refractivity contribution >= 4 is 17.3 Å². The summed E-state index contributed by atoms with van der Waals surface area (Å²) in [5.74, 6) is -1.22. The summed E-state index contributed by atoms with van der Waals surface area (Å²) in [4.78, 5) is 14.2. The van der Waals surface area contributed by atoms with Gasteiger partial charge in [-0.3, -0.25) is 0 Å². The molecular weight excluding hydrogens is 283 g/mol. The Morgan fingerprint density at radius 1 is 1.37 bits per heavy atom. The summed E-state index contributed by atoms with van der Waals surface area (Å²) in [7, 11) is 0. The lowest BCUT2D eigenvalue weighted by molar-refractivity contribution is -0.137. The number of carboxylic acid groups (broad SMARTS) is 1. The van der Waals surface area contributed by atoms with E-state index in [0.717, 1.165) is 29.7 Å². The number of rotatable bonds is 3. The van der Waals surface area contributed by atoms with Gasteiger partial charge in [-0.1, -0.05) is 17.4 Å². The highest BCUT2D eigenvalue weighted by Gasteiger charge is 2.30. The number of benzene rings is 1. The third kappa shape index (κ3) is 3.22. The summed E-state index contributed by atoms with van der Waals surface area (Å²) in [6.45, 7) is 0. The number of aromatic nitrogens is 1. The molecule has 1 aromatic carbocycles. The zero-order valence-electron chi connectivity index (χ0n) is 9.14. The average molecular weight is 289 g/mol. The van der Waals surface area contributed by atoms with Crippen LogP contribution in [0.2, 0.25) is 0 Å². The van der Waals surface area contributed by atoms with E-state index in [1.165, 1.54) is 12.1 Å². The van der Waals surface area contributed by atoms with Gasteiger partial charge >= 0.3 is 12.1 Å². The zero-order valence-corrected chi connectivity index (χ0v) is 9.96. The minimum Gasteiger partial charge on any atom is -0.477 e. The molecule has 4 nitrogen and oxygen atoms in total. The molecule has 100 valence electrons. The standard InChI is InChI=1S/C11H6F3NO3S/c12-11(13,14)6-2-1-3-7(4-6)18-10-15-5-8(19-10)9(16)17/h1-5H,(H,16,17). The molecule has 0 saturated carbocycles. The first-order valence-electron chi connectivity index (χ1n) is 4.90. The van der Waals surface area contributed by atoms with Gasteiger partial charge < -0.3 is 9.84 Å². The molecule has 0 saturated heterocycles. The van der Waals surface area contributed by atoms with E-state index in [-0.39, 0.29) is 15.8 Å². The van der Waals surface area contributed by atoms with Crippen molar-refractivity contribution in [1.82, 2.24) is 4.98 Å². The van der Waals surface area contributed by atoms with Gasteiger partial charge in [0.25, 0.3) is 5.19 Å². The number of carbonyl (C=O) groups is 1. The average Bonchev–Trinajstić information content (AvgIpc) is 2.77. The minimum atomic E-state index is -4.46. The second kappa shape index (κ2) is 4.88. The molecule has 8 heteroatoms. The molecule has 0 unspecified atom stereocenters. The molecule has 2 aromatic rings. The number of ether oxygens (including phenoxy) is 1. The Bertz CT molecular complexity index is 609. The van der Waals surface area contributed by atoms with Crippen molar-refractivity contribution in [3.63, 3.8) is 0 Å². The Labute approximate surface area is 109 Å².